The summed E-state index contributed by atoms with van der Waals surface area (Å²) < 4.78 is 26.3. The van der Waals surface area contributed by atoms with Gasteiger partial charge in [-0.2, -0.15) is 0 Å². The topological polar surface area (TPSA) is 24.9 Å². The molecule has 1 aromatic heterocycles. The first-order valence-corrected chi connectivity index (χ1v) is 5.83. The number of pyridine rings is 1. The van der Waals surface area contributed by atoms with Crippen molar-refractivity contribution in [2.75, 3.05) is 11.9 Å². The summed E-state index contributed by atoms with van der Waals surface area (Å²) in [6, 6.07) is 7.47. The number of aromatic nitrogens is 1. The molecule has 1 N–H and O–H groups in total. The quantitative estimate of drug-likeness (QED) is 0.915. The number of hydrogen-bond donors (Lipinski definition) is 1. The molecule has 2 aromatic rings. The Hall–Kier alpha value is -1.68. The Bertz CT molecular complexity index is 509. The second kappa shape index (κ2) is 5.78. The Morgan fingerprint density at radius 2 is 2.06 bits per heavy atom. The van der Waals surface area contributed by atoms with Crippen LogP contribution in [0.3, 0.4) is 0 Å². The van der Waals surface area contributed by atoms with E-state index in [9.17, 15) is 8.78 Å². The zero-order valence-corrected chi connectivity index (χ0v) is 10.2. The number of benzene rings is 1. The minimum absolute atomic E-state index is 0.0357. The van der Waals surface area contributed by atoms with Gasteiger partial charge in [-0.1, -0.05) is 17.7 Å². The third kappa shape index (κ3) is 3.17. The number of hydrogen-bond acceptors (Lipinski definition) is 2. The Balaban J connectivity index is 1.99. The normalized spacial score (nSPS) is 10.4. The van der Waals surface area contributed by atoms with Crippen LogP contribution in [0.2, 0.25) is 5.02 Å². The zero-order valence-electron chi connectivity index (χ0n) is 9.46. The number of nitrogens with one attached hydrogen (secondary N) is 1. The molecule has 0 aliphatic carbocycles. The van der Waals surface area contributed by atoms with Crippen LogP contribution in [-0.2, 0) is 6.42 Å². The smallest absolute Gasteiger partial charge is 0.150 e. The summed E-state index contributed by atoms with van der Waals surface area (Å²) in [5.74, 6) is -1.38. The van der Waals surface area contributed by atoms with Crippen LogP contribution in [0.15, 0.2) is 36.5 Å². The highest BCUT2D eigenvalue weighted by molar-refractivity contribution is 6.33. The van der Waals surface area contributed by atoms with E-state index in [4.69, 9.17) is 11.6 Å². The van der Waals surface area contributed by atoms with Crippen molar-refractivity contribution in [3.05, 3.63) is 58.9 Å². The van der Waals surface area contributed by atoms with Gasteiger partial charge in [-0.25, -0.2) is 8.78 Å². The Morgan fingerprint density at radius 1 is 1.22 bits per heavy atom. The molecule has 0 aliphatic heterocycles. The zero-order chi connectivity index (χ0) is 13.0. The average molecular weight is 269 g/mol. The molecule has 2 nitrogen and oxygen atoms in total. The third-order valence-electron chi connectivity index (χ3n) is 2.42. The van der Waals surface area contributed by atoms with E-state index in [0.29, 0.717) is 13.0 Å². The second-order valence-corrected chi connectivity index (χ2v) is 4.15. The van der Waals surface area contributed by atoms with Gasteiger partial charge in [-0.15, -0.1) is 0 Å². The lowest BCUT2D eigenvalue weighted by Gasteiger charge is -2.09. The second-order valence-electron chi connectivity index (χ2n) is 3.74. The van der Waals surface area contributed by atoms with E-state index in [1.165, 1.54) is 0 Å². The van der Waals surface area contributed by atoms with E-state index >= 15 is 0 Å². The average Bonchev–Trinajstić information content (AvgIpc) is 2.34. The van der Waals surface area contributed by atoms with Crippen molar-refractivity contribution in [1.82, 2.24) is 4.98 Å². The molecule has 0 amide bonds. The predicted octanol–water partition coefficient (Wildman–Crippen LogP) is 3.67. The predicted molar refractivity (Wildman–Crippen MR) is 67.8 cm³/mol. The monoisotopic (exact) mass is 268 g/mol. The van der Waals surface area contributed by atoms with Crippen molar-refractivity contribution in [3.63, 3.8) is 0 Å². The molecule has 0 aliphatic rings. The summed E-state index contributed by atoms with van der Waals surface area (Å²) in [5.41, 5.74) is 1.01. The maximum Gasteiger partial charge on any atom is 0.150 e. The number of nitrogens with zero attached hydrogens (tertiary/aromatic N) is 1. The molecule has 0 atom stereocenters. The van der Waals surface area contributed by atoms with Gasteiger partial charge >= 0.3 is 0 Å². The van der Waals surface area contributed by atoms with Crippen LogP contribution in [0.4, 0.5) is 14.5 Å². The van der Waals surface area contributed by atoms with Gasteiger partial charge in [0.05, 0.1) is 10.7 Å². The van der Waals surface area contributed by atoms with Crippen molar-refractivity contribution in [3.8, 4) is 0 Å². The van der Waals surface area contributed by atoms with Crippen molar-refractivity contribution < 1.29 is 8.78 Å². The SMILES string of the molecule is Fc1cc(F)c(NCCc2ccccn2)c(Cl)c1. The first kappa shape index (κ1) is 12.8. The van der Waals surface area contributed by atoms with E-state index in [1.807, 2.05) is 18.2 Å². The molecule has 0 radical (unpaired) electrons. The maximum atomic E-state index is 13.4. The minimum atomic E-state index is -0.693. The molecule has 1 heterocycles. The number of anilines is 1. The van der Waals surface area contributed by atoms with Crippen LogP contribution in [-0.4, -0.2) is 11.5 Å². The largest absolute Gasteiger partial charge is 0.381 e. The third-order valence-corrected chi connectivity index (χ3v) is 2.71. The fourth-order valence-electron chi connectivity index (χ4n) is 1.57. The van der Waals surface area contributed by atoms with Gasteiger partial charge in [0.1, 0.15) is 5.82 Å². The molecule has 0 saturated heterocycles. The number of rotatable bonds is 4. The molecule has 5 heteroatoms. The fourth-order valence-corrected chi connectivity index (χ4v) is 1.83. The Labute approximate surface area is 109 Å². The lowest BCUT2D eigenvalue weighted by Crippen LogP contribution is -2.08. The van der Waals surface area contributed by atoms with Crippen LogP contribution in [0.1, 0.15) is 5.69 Å². The first-order valence-electron chi connectivity index (χ1n) is 5.45. The van der Waals surface area contributed by atoms with E-state index in [2.05, 4.69) is 10.3 Å². The van der Waals surface area contributed by atoms with Gasteiger partial charge in [-0.3, -0.25) is 4.98 Å². The Kier molecular flexibility index (Phi) is 4.10. The molecule has 18 heavy (non-hydrogen) atoms. The molecule has 2 rings (SSSR count). The lowest BCUT2D eigenvalue weighted by atomic mass is 10.2. The summed E-state index contributed by atoms with van der Waals surface area (Å²) in [6.45, 7) is 0.472. The summed E-state index contributed by atoms with van der Waals surface area (Å²) in [7, 11) is 0. The molecule has 0 saturated carbocycles. The summed E-state index contributed by atoms with van der Waals surface area (Å²) in [6.07, 6.45) is 2.33. The highest BCUT2D eigenvalue weighted by Gasteiger charge is 2.09. The summed E-state index contributed by atoms with van der Waals surface area (Å²) >= 11 is 5.76. The number of halogens is 3. The first-order chi connectivity index (χ1) is 8.66. The lowest BCUT2D eigenvalue weighted by molar-refractivity contribution is 0.585. The van der Waals surface area contributed by atoms with Gasteiger partial charge in [0.15, 0.2) is 5.82 Å². The molecule has 0 bridgehead atoms. The van der Waals surface area contributed by atoms with E-state index in [-0.39, 0.29) is 10.7 Å². The van der Waals surface area contributed by atoms with Gasteiger partial charge in [-0.05, 0) is 18.2 Å². The standard InChI is InChI=1S/C13H11ClF2N2/c14-11-7-9(15)8-12(16)13(11)18-6-4-10-3-1-2-5-17-10/h1-3,5,7-8,18H,4,6H2. The Morgan fingerprint density at radius 3 is 2.72 bits per heavy atom. The summed E-state index contributed by atoms with van der Waals surface area (Å²) in [4.78, 5) is 4.14. The van der Waals surface area contributed by atoms with Gasteiger partial charge in [0.25, 0.3) is 0 Å². The molecule has 0 unspecified atom stereocenters. The minimum Gasteiger partial charge on any atom is -0.381 e. The molecule has 94 valence electrons. The van der Waals surface area contributed by atoms with Gasteiger partial charge in [0, 0.05) is 30.9 Å². The summed E-state index contributed by atoms with van der Waals surface area (Å²) in [5, 5.41) is 2.88. The molecule has 0 spiro atoms. The van der Waals surface area contributed by atoms with Crippen molar-refractivity contribution in [2.24, 2.45) is 0 Å². The fraction of sp³-hybridized carbons (Fsp3) is 0.154. The molecule has 1 aromatic carbocycles. The van der Waals surface area contributed by atoms with Crippen molar-refractivity contribution >= 4 is 17.3 Å². The van der Waals surface area contributed by atoms with E-state index < -0.39 is 11.6 Å². The van der Waals surface area contributed by atoms with Gasteiger partial charge < -0.3 is 5.32 Å². The van der Waals surface area contributed by atoms with E-state index in [0.717, 1.165) is 17.8 Å². The maximum absolute atomic E-state index is 13.4. The van der Waals surface area contributed by atoms with Crippen LogP contribution in [0.5, 0.6) is 0 Å². The van der Waals surface area contributed by atoms with Crippen LogP contribution in [0.25, 0.3) is 0 Å². The highest BCUT2D eigenvalue weighted by Crippen LogP contribution is 2.26. The van der Waals surface area contributed by atoms with Gasteiger partial charge in [0.2, 0.25) is 0 Å². The van der Waals surface area contributed by atoms with E-state index in [1.54, 1.807) is 6.20 Å². The van der Waals surface area contributed by atoms with Crippen LogP contribution in [0, 0.1) is 11.6 Å². The van der Waals surface area contributed by atoms with Crippen LogP contribution < -0.4 is 5.32 Å². The molecule has 0 fully saturated rings. The molecular weight excluding hydrogens is 258 g/mol. The van der Waals surface area contributed by atoms with Crippen molar-refractivity contribution in [2.45, 2.75) is 6.42 Å². The molecular formula is C13H11ClF2N2. The highest BCUT2D eigenvalue weighted by atomic mass is 35.5. The van der Waals surface area contributed by atoms with Crippen molar-refractivity contribution in [1.29, 1.82) is 0 Å². The van der Waals surface area contributed by atoms with Crippen LogP contribution >= 0.6 is 11.6 Å².